The van der Waals surface area contributed by atoms with Gasteiger partial charge >= 0.3 is 6.18 Å². The lowest BCUT2D eigenvalue weighted by atomic mass is 9.89. The van der Waals surface area contributed by atoms with Crippen molar-refractivity contribution in [1.82, 2.24) is 14.7 Å². The van der Waals surface area contributed by atoms with E-state index in [0.717, 1.165) is 36.6 Å². The number of amides is 1. The summed E-state index contributed by atoms with van der Waals surface area (Å²) in [6, 6.07) is -0.128. The molecule has 1 saturated carbocycles. The van der Waals surface area contributed by atoms with Crippen LogP contribution in [0.15, 0.2) is 6.20 Å². The molecule has 1 aromatic heterocycles. The second-order valence-electron chi connectivity index (χ2n) is 5.82. The first-order valence-corrected chi connectivity index (χ1v) is 7.41. The third kappa shape index (κ3) is 2.71. The standard InChI is InChI=1S/C14H18F3N3O2/c1-19-8-9(12(18-19)14(15,16)17)13(21)20-6-7-22-11-5-3-2-4-10(11)20/h8,10-11H,2-7H2,1H3. The number of carbonyl (C=O) groups is 1. The van der Waals surface area contributed by atoms with Crippen LogP contribution in [-0.2, 0) is 18.0 Å². The van der Waals surface area contributed by atoms with Crippen molar-refractivity contribution in [3.8, 4) is 0 Å². The van der Waals surface area contributed by atoms with Gasteiger partial charge in [0.1, 0.15) is 0 Å². The molecule has 1 aromatic rings. The van der Waals surface area contributed by atoms with E-state index in [-0.39, 0.29) is 17.7 Å². The van der Waals surface area contributed by atoms with Gasteiger partial charge in [-0.1, -0.05) is 12.8 Å². The molecule has 3 rings (SSSR count). The summed E-state index contributed by atoms with van der Waals surface area (Å²) in [6.45, 7) is 0.695. The van der Waals surface area contributed by atoms with Crippen LogP contribution in [0.4, 0.5) is 13.2 Å². The fourth-order valence-electron chi connectivity index (χ4n) is 3.36. The van der Waals surface area contributed by atoms with Crippen molar-refractivity contribution < 1.29 is 22.7 Å². The Morgan fingerprint density at radius 2 is 2.09 bits per heavy atom. The molecule has 1 amide bonds. The number of nitrogens with zero attached hydrogens (tertiary/aromatic N) is 3. The predicted octanol–water partition coefficient (Wildman–Crippen LogP) is 2.22. The van der Waals surface area contributed by atoms with Gasteiger partial charge in [-0.3, -0.25) is 9.48 Å². The molecule has 2 unspecified atom stereocenters. The number of hydrogen-bond acceptors (Lipinski definition) is 3. The molecule has 1 aliphatic carbocycles. The van der Waals surface area contributed by atoms with Gasteiger partial charge in [0, 0.05) is 19.8 Å². The Morgan fingerprint density at radius 3 is 2.82 bits per heavy atom. The van der Waals surface area contributed by atoms with Crippen molar-refractivity contribution >= 4 is 5.91 Å². The summed E-state index contributed by atoms with van der Waals surface area (Å²) in [7, 11) is 1.38. The number of aromatic nitrogens is 2. The second-order valence-corrected chi connectivity index (χ2v) is 5.82. The summed E-state index contributed by atoms with van der Waals surface area (Å²) in [5.41, 5.74) is -1.49. The highest BCUT2D eigenvalue weighted by Gasteiger charge is 2.43. The van der Waals surface area contributed by atoms with Gasteiger partial charge in [0.05, 0.1) is 24.3 Å². The maximum atomic E-state index is 13.1. The van der Waals surface area contributed by atoms with Gasteiger partial charge in [-0.2, -0.15) is 18.3 Å². The summed E-state index contributed by atoms with van der Waals surface area (Å²) in [5.74, 6) is -0.597. The number of morpholine rings is 1. The molecular weight excluding hydrogens is 299 g/mol. The van der Waals surface area contributed by atoms with Gasteiger partial charge in [-0.05, 0) is 12.8 Å². The Morgan fingerprint density at radius 1 is 1.36 bits per heavy atom. The van der Waals surface area contributed by atoms with Gasteiger partial charge in [0.2, 0.25) is 0 Å². The number of rotatable bonds is 1. The highest BCUT2D eigenvalue weighted by atomic mass is 19.4. The lowest BCUT2D eigenvalue weighted by Crippen LogP contribution is -2.55. The van der Waals surface area contributed by atoms with E-state index in [2.05, 4.69) is 5.10 Å². The van der Waals surface area contributed by atoms with Gasteiger partial charge in [-0.25, -0.2) is 0 Å². The highest BCUT2D eigenvalue weighted by Crippen LogP contribution is 2.34. The van der Waals surface area contributed by atoms with Crippen molar-refractivity contribution in [2.24, 2.45) is 7.05 Å². The van der Waals surface area contributed by atoms with Crippen LogP contribution in [0.5, 0.6) is 0 Å². The number of ether oxygens (including phenoxy) is 1. The summed E-state index contributed by atoms with van der Waals surface area (Å²) < 4.78 is 45.9. The zero-order chi connectivity index (χ0) is 15.9. The molecular formula is C14H18F3N3O2. The third-order valence-corrected chi connectivity index (χ3v) is 4.32. The first-order valence-electron chi connectivity index (χ1n) is 7.41. The van der Waals surface area contributed by atoms with E-state index in [4.69, 9.17) is 4.74 Å². The van der Waals surface area contributed by atoms with E-state index in [1.54, 1.807) is 4.90 Å². The van der Waals surface area contributed by atoms with E-state index in [1.165, 1.54) is 7.05 Å². The van der Waals surface area contributed by atoms with Crippen LogP contribution in [0.25, 0.3) is 0 Å². The average molecular weight is 317 g/mol. The quantitative estimate of drug-likeness (QED) is 0.798. The summed E-state index contributed by atoms with van der Waals surface area (Å²) in [6.07, 6.45) is 0.0869. The number of carbonyl (C=O) groups excluding carboxylic acids is 1. The SMILES string of the molecule is Cn1cc(C(=O)N2CCOC3CCCCC32)c(C(F)(F)F)n1. The zero-order valence-corrected chi connectivity index (χ0v) is 12.3. The van der Waals surface area contributed by atoms with E-state index in [0.29, 0.717) is 13.2 Å². The Bertz CT molecular complexity index is 568. The Balaban J connectivity index is 1.90. The van der Waals surface area contributed by atoms with Crippen LogP contribution >= 0.6 is 0 Å². The van der Waals surface area contributed by atoms with E-state index < -0.39 is 17.8 Å². The molecule has 0 radical (unpaired) electrons. The highest BCUT2D eigenvalue weighted by molar-refractivity contribution is 5.95. The van der Waals surface area contributed by atoms with Crippen LogP contribution in [0, 0.1) is 0 Å². The largest absolute Gasteiger partial charge is 0.435 e. The molecule has 0 spiro atoms. The van der Waals surface area contributed by atoms with Crippen molar-refractivity contribution in [3.63, 3.8) is 0 Å². The molecule has 0 bridgehead atoms. The van der Waals surface area contributed by atoms with Crippen molar-refractivity contribution in [2.45, 2.75) is 44.0 Å². The number of halogens is 3. The smallest absolute Gasteiger partial charge is 0.374 e. The minimum absolute atomic E-state index is 0.0579. The fourth-order valence-corrected chi connectivity index (χ4v) is 3.36. The lowest BCUT2D eigenvalue weighted by molar-refractivity contribution is -0.142. The van der Waals surface area contributed by atoms with Gasteiger partial charge < -0.3 is 9.64 Å². The lowest BCUT2D eigenvalue weighted by Gasteiger charge is -2.43. The van der Waals surface area contributed by atoms with Crippen molar-refractivity contribution in [1.29, 1.82) is 0 Å². The molecule has 0 N–H and O–H groups in total. The predicted molar refractivity (Wildman–Crippen MR) is 71.2 cm³/mol. The van der Waals surface area contributed by atoms with Crippen LogP contribution in [0.2, 0.25) is 0 Å². The molecule has 1 saturated heterocycles. The first kappa shape index (κ1) is 15.3. The number of aryl methyl sites for hydroxylation is 1. The summed E-state index contributed by atoms with van der Waals surface area (Å²) in [5, 5.41) is 3.41. The van der Waals surface area contributed by atoms with Gasteiger partial charge in [0.15, 0.2) is 5.69 Å². The Hall–Kier alpha value is -1.57. The van der Waals surface area contributed by atoms with Crippen LogP contribution in [0.1, 0.15) is 41.7 Å². The zero-order valence-electron chi connectivity index (χ0n) is 12.3. The first-order chi connectivity index (χ1) is 10.4. The fraction of sp³-hybridized carbons (Fsp3) is 0.714. The molecule has 8 heteroatoms. The van der Waals surface area contributed by atoms with Gasteiger partial charge in [-0.15, -0.1) is 0 Å². The van der Waals surface area contributed by atoms with E-state index in [9.17, 15) is 18.0 Å². The molecule has 22 heavy (non-hydrogen) atoms. The van der Waals surface area contributed by atoms with E-state index >= 15 is 0 Å². The summed E-state index contributed by atoms with van der Waals surface area (Å²) in [4.78, 5) is 14.2. The average Bonchev–Trinajstić information content (AvgIpc) is 2.88. The van der Waals surface area contributed by atoms with Gasteiger partial charge in [0.25, 0.3) is 5.91 Å². The topological polar surface area (TPSA) is 47.4 Å². The van der Waals surface area contributed by atoms with E-state index in [1.807, 2.05) is 0 Å². The molecule has 2 atom stereocenters. The molecule has 5 nitrogen and oxygen atoms in total. The monoisotopic (exact) mass is 317 g/mol. The van der Waals surface area contributed by atoms with Crippen molar-refractivity contribution in [3.05, 3.63) is 17.5 Å². The number of hydrogen-bond donors (Lipinski definition) is 0. The Labute approximate surface area is 126 Å². The van der Waals surface area contributed by atoms with Crippen LogP contribution < -0.4 is 0 Å². The van der Waals surface area contributed by atoms with Crippen molar-refractivity contribution in [2.75, 3.05) is 13.2 Å². The Kier molecular flexibility index (Phi) is 3.88. The minimum atomic E-state index is -4.63. The maximum Gasteiger partial charge on any atom is 0.435 e. The molecule has 2 aliphatic rings. The maximum absolute atomic E-state index is 13.1. The second kappa shape index (κ2) is 5.57. The minimum Gasteiger partial charge on any atom is -0.374 e. The normalized spacial score (nSPS) is 25.9. The number of alkyl halides is 3. The number of fused-ring (bicyclic) bond motifs is 1. The third-order valence-electron chi connectivity index (χ3n) is 4.32. The van der Waals surface area contributed by atoms with Crippen LogP contribution in [-0.4, -0.2) is 45.9 Å². The molecule has 2 fully saturated rings. The molecule has 0 aromatic carbocycles. The molecule has 122 valence electrons. The molecule has 2 heterocycles. The van der Waals surface area contributed by atoms with Crippen LogP contribution in [0.3, 0.4) is 0 Å². The molecule has 1 aliphatic heterocycles. The summed E-state index contributed by atoms with van der Waals surface area (Å²) >= 11 is 0.